The lowest BCUT2D eigenvalue weighted by Crippen LogP contribution is -2.61. The number of oxime groups is 1. The van der Waals surface area contributed by atoms with E-state index >= 15 is 0 Å². The number of rotatable bonds is 8. The Morgan fingerprint density at radius 3 is 2.49 bits per heavy atom. The molecule has 3 aliphatic heterocycles. The van der Waals surface area contributed by atoms with Crippen LogP contribution in [0.25, 0.3) is 11.1 Å². The molecule has 2 aromatic carbocycles. The topological polar surface area (TPSA) is 63.6 Å². The van der Waals surface area contributed by atoms with Crippen molar-refractivity contribution in [2.75, 3.05) is 39.4 Å². The standard InChI is InChI=1S/C32H39F2N3O4/c1-4-39-27-15-21(14-24(22-6-7-22)29(27)23-8-9-25(33)26(34)16-23)18-36-19-32(20-36)17-28(35-41-32)37-12-10-31(3,11-13-37)30(38)40-5-2/h8-9,14-16,22H,4-7,10-13,17-20H2,1-3H3. The number of piperidine rings is 1. The molecule has 0 bridgehead atoms. The van der Waals surface area contributed by atoms with E-state index in [2.05, 4.69) is 21.0 Å². The fourth-order valence-electron chi connectivity index (χ4n) is 6.48. The maximum absolute atomic E-state index is 14.2. The number of esters is 1. The van der Waals surface area contributed by atoms with Gasteiger partial charge in [0.2, 0.25) is 0 Å². The predicted molar refractivity (Wildman–Crippen MR) is 152 cm³/mol. The highest BCUT2D eigenvalue weighted by Crippen LogP contribution is 2.49. The van der Waals surface area contributed by atoms with Crippen molar-refractivity contribution in [3.8, 4) is 16.9 Å². The molecule has 7 nitrogen and oxygen atoms in total. The monoisotopic (exact) mass is 567 g/mol. The average molecular weight is 568 g/mol. The fraction of sp³-hybridized carbons (Fsp3) is 0.562. The zero-order valence-corrected chi connectivity index (χ0v) is 24.2. The number of hydrogen-bond donors (Lipinski definition) is 0. The molecule has 1 aliphatic carbocycles. The summed E-state index contributed by atoms with van der Waals surface area (Å²) in [5, 5.41) is 4.47. The number of nitrogens with zero attached hydrogens (tertiary/aromatic N) is 3. The number of amidine groups is 1. The molecular formula is C32H39F2N3O4. The Labute approximate surface area is 240 Å². The average Bonchev–Trinajstić information content (AvgIpc) is 3.69. The number of benzene rings is 2. The highest BCUT2D eigenvalue weighted by Gasteiger charge is 2.51. The van der Waals surface area contributed by atoms with Crippen LogP contribution in [0.15, 0.2) is 35.5 Å². The van der Waals surface area contributed by atoms with E-state index in [0.717, 1.165) is 93.1 Å². The number of halogens is 2. The molecule has 3 fully saturated rings. The van der Waals surface area contributed by atoms with Crippen LogP contribution >= 0.6 is 0 Å². The van der Waals surface area contributed by atoms with Crippen LogP contribution in [0.1, 0.15) is 69.9 Å². The first kappa shape index (κ1) is 27.9. The smallest absolute Gasteiger partial charge is 0.311 e. The Bertz CT molecular complexity index is 1340. The van der Waals surface area contributed by atoms with E-state index in [0.29, 0.717) is 24.7 Å². The Kier molecular flexibility index (Phi) is 7.42. The van der Waals surface area contributed by atoms with E-state index in [-0.39, 0.29) is 11.6 Å². The molecule has 0 N–H and O–H groups in total. The largest absolute Gasteiger partial charge is 0.493 e. The van der Waals surface area contributed by atoms with E-state index in [9.17, 15) is 13.6 Å². The summed E-state index contributed by atoms with van der Waals surface area (Å²) in [5.41, 5.74) is 3.07. The van der Waals surface area contributed by atoms with Crippen molar-refractivity contribution >= 4 is 11.8 Å². The first-order chi connectivity index (χ1) is 19.7. The zero-order valence-electron chi connectivity index (χ0n) is 24.2. The van der Waals surface area contributed by atoms with Crippen LogP contribution in [-0.4, -0.2) is 66.6 Å². The minimum atomic E-state index is -0.850. The summed E-state index contributed by atoms with van der Waals surface area (Å²) in [6.07, 6.45) is 4.43. The number of ether oxygens (including phenoxy) is 2. The summed E-state index contributed by atoms with van der Waals surface area (Å²) in [6, 6.07) is 8.35. The van der Waals surface area contributed by atoms with Gasteiger partial charge in [-0.2, -0.15) is 0 Å². The molecule has 4 aliphatic rings. The summed E-state index contributed by atoms with van der Waals surface area (Å²) in [5.74, 6) is 0.295. The van der Waals surface area contributed by atoms with Gasteiger partial charge in [-0.3, -0.25) is 9.69 Å². The molecule has 9 heteroatoms. The van der Waals surface area contributed by atoms with Gasteiger partial charge >= 0.3 is 5.97 Å². The Morgan fingerprint density at radius 2 is 1.83 bits per heavy atom. The highest BCUT2D eigenvalue weighted by atomic mass is 19.2. The van der Waals surface area contributed by atoms with Gasteiger partial charge in [0.05, 0.1) is 25.0 Å². The Hall–Kier alpha value is -3.20. The number of carbonyl (C=O) groups is 1. The van der Waals surface area contributed by atoms with Crippen molar-refractivity contribution in [3.63, 3.8) is 0 Å². The first-order valence-corrected chi connectivity index (χ1v) is 14.9. The highest BCUT2D eigenvalue weighted by molar-refractivity contribution is 5.85. The third-order valence-electron chi connectivity index (χ3n) is 8.97. The third kappa shape index (κ3) is 5.53. The van der Waals surface area contributed by atoms with E-state index in [1.807, 2.05) is 26.8 Å². The van der Waals surface area contributed by atoms with Crippen LogP contribution in [0.5, 0.6) is 5.75 Å². The Balaban J connectivity index is 1.10. The molecule has 220 valence electrons. The summed E-state index contributed by atoms with van der Waals surface area (Å²) in [7, 11) is 0. The predicted octanol–water partition coefficient (Wildman–Crippen LogP) is 5.86. The zero-order chi connectivity index (χ0) is 28.8. The van der Waals surface area contributed by atoms with Gasteiger partial charge in [0.1, 0.15) is 11.6 Å². The summed E-state index contributed by atoms with van der Waals surface area (Å²) < 4.78 is 39.2. The minimum Gasteiger partial charge on any atom is -0.493 e. The number of hydrogen-bond acceptors (Lipinski definition) is 7. The molecule has 2 saturated heterocycles. The molecule has 0 atom stereocenters. The van der Waals surface area contributed by atoms with Gasteiger partial charge in [0.15, 0.2) is 17.2 Å². The van der Waals surface area contributed by atoms with Crippen molar-refractivity contribution in [2.45, 2.75) is 70.9 Å². The van der Waals surface area contributed by atoms with E-state index in [1.165, 1.54) is 12.1 Å². The summed E-state index contributed by atoms with van der Waals surface area (Å²) in [6.45, 7) is 10.5. The van der Waals surface area contributed by atoms with E-state index < -0.39 is 17.0 Å². The van der Waals surface area contributed by atoms with Gasteiger partial charge < -0.3 is 19.2 Å². The summed E-state index contributed by atoms with van der Waals surface area (Å²) in [4.78, 5) is 23.0. The van der Waals surface area contributed by atoms with Crippen molar-refractivity contribution < 1.29 is 27.9 Å². The molecule has 0 radical (unpaired) electrons. The molecular weight excluding hydrogens is 528 g/mol. The molecule has 2 aromatic rings. The lowest BCUT2D eigenvalue weighted by atomic mass is 9.80. The van der Waals surface area contributed by atoms with Crippen LogP contribution in [0.2, 0.25) is 0 Å². The normalized spacial score (nSPS) is 21.3. The first-order valence-electron chi connectivity index (χ1n) is 14.9. The second-order valence-corrected chi connectivity index (χ2v) is 12.3. The summed E-state index contributed by atoms with van der Waals surface area (Å²) >= 11 is 0. The molecule has 6 rings (SSSR count). The van der Waals surface area contributed by atoms with E-state index in [4.69, 9.17) is 14.3 Å². The van der Waals surface area contributed by atoms with Crippen LogP contribution in [0, 0.1) is 17.0 Å². The molecule has 3 heterocycles. The van der Waals surface area contributed by atoms with Crippen LogP contribution < -0.4 is 4.74 Å². The fourth-order valence-corrected chi connectivity index (χ4v) is 6.48. The molecule has 41 heavy (non-hydrogen) atoms. The maximum atomic E-state index is 14.2. The van der Waals surface area contributed by atoms with Gasteiger partial charge in [-0.1, -0.05) is 17.3 Å². The maximum Gasteiger partial charge on any atom is 0.311 e. The minimum absolute atomic E-state index is 0.106. The van der Waals surface area contributed by atoms with Gasteiger partial charge in [0.25, 0.3) is 0 Å². The quantitative estimate of drug-likeness (QED) is 0.373. The lowest BCUT2D eigenvalue weighted by molar-refractivity contribution is -0.156. The van der Waals surface area contributed by atoms with Crippen LogP contribution in [-0.2, 0) is 20.9 Å². The molecule has 0 amide bonds. The second-order valence-electron chi connectivity index (χ2n) is 12.3. The van der Waals surface area contributed by atoms with Crippen molar-refractivity contribution in [3.05, 3.63) is 53.1 Å². The molecule has 1 spiro atoms. The Morgan fingerprint density at radius 1 is 1.07 bits per heavy atom. The molecule has 1 saturated carbocycles. The van der Waals surface area contributed by atoms with Gasteiger partial charge in [-0.15, -0.1) is 0 Å². The van der Waals surface area contributed by atoms with E-state index in [1.54, 1.807) is 6.07 Å². The van der Waals surface area contributed by atoms with Crippen molar-refractivity contribution in [2.24, 2.45) is 10.6 Å². The van der Waals surface area contributed by atoms with Crippen LogP contribution in [0.3, 0.4) is 0 Å². The molecule has 0 unspecified atom stereocenters. The third-order valence-corrected chi connectivity index (χ3v) is 8.97. The van der Waals surface area contributed by atoms with Crippen molar-refractivity contribution in [1.29, 1.82) is 0 Å². The van der Waals surface area contributed by atoms with Crippen LogP contribution in [0.4, 0.5) is 8.78 Å². The second kappa shape index (κ2) is 10.9. The number of likely N-dealkylation sites (tertiary alicyclic amines) is 2. The SMILES string of the molecule is CCOC(=O)C1(C)CCN(C2=NOC3(C2)CN(Cc2cc(OCC)c(-c4ccc(F)c(F)c4)c(C4CC4)c2)C3)CC1. The van der Waals surface area contributed by atoms with Crippen molar-refractivity contribution in [1.82, 2.24) is 9.80 Å². The number of carbonyl (C=O) groups excluding carboxylic acids is 1. The van der Waals surface area contributed by atoms with Gasteiger partial charge in [0, 0.05) is 38.3 Å². The lowest BCUT2D eigenvalue weighted by Gasteiger charge is -2.46. The molecule has 0 aromatic heterocycles. The van der Waals surface area contributed by atoms with Gasteiger partial charge in [-0.05, 0) is 87.3 Å². The van der Waals surface area contributed by atoms with Gasteiger partial charge in [-0.25, -0.2) is 8.78 Å².